The highest BCUT2D eigenvalue weighted by Crippen LogP contribution is 2.27. The van der Waals surface area contributed by atoms with E-state index in [4.69, 9.17) is 11.6 Å². The van der Waals surface area contributed by atoms with Crippen molar-refractivity contribution < 1.29 is 18.0 Å². The van der Waals surface area contributed by atoms with Gasteiger partial charge in [-0.2, -0.15) is 0 Å². The van der Waals surface area contributed by atoms with Crippen LogP contribution < -0.4 is 9.62 Å². The van der Waals surface area contributed by atoms with Crippen LogP contribution >= 0.6 is 27.5 Å². The number of nitrogens with zero attached hydrogens (tertiary/aromatic N) is 2. The van der Waals surface area contributed by atoms with E-state index in [0.29, 0.717) is 20.7 Å². The summed E-state index contributed by atoms with van der Waals surface area (Å²) in [4.78, 5) is 29.6. The molecule has 0 saturated carbocycles. The molecule has 0 aliphatic rings. The van der Waals surface area contributed by atoms with Crippen LogP contribution in [0, 0.1) is 0 Å². The molecule has 4 aromatic rings. The standard InChI is InChI=1S/C33H33BrClN3O4S/c1-24(2)36-33(40)31(20-25-11-5-3-6-12-25)37(22-26-13-9-15-28(35)19-26)32(39)23-38(29-16-10-14-27(34)21-29)43(41,42)30-17-7-4-8-18-30/h3-19,21,24,31H,20,22-23H2,1-2H3,(H,36,40). The third-order valence-electron chi connectivity index (χ3n) is 6.65. The smallest absolute Gasteiger partial charge is 0.264 e. The van der Waals surface area contributed by atoms with Crippen molar-refractivity contribution in [1.29, 1.82) is 0 Å². The largest absolute Gasteiger partial charge is 0.352 e. The second kappa shape index (κ2) is 14.7. The highest BCUT2D eigenvalue weighted by molar-refractivity contribution is 9.10. The predicted octanol–water partition coefficient (Wildman–Crippen LogP) is 6.46. The van der Waals surface area contributed by atoms with Crippen molar-refractivity contribution in [2.45, 2.75) is 43.8 Å². The van der Waals surface area contributed by atoms with Crippen LogP contribution in [-0.4, -0.2) is 43.8 Å². The van der Waals surface area contributed by atoms with Crippen molar-refractivity contribution in [3.63, 3.8) is 0 Å². The first-order chi connectivity index (χ1) is 20.5. The van der Waals surface area contributed by atoms with E-state index in [2.05, 4.69) is 21.2 Å². The number of anilines is 1. The van der Waals surface area contributed by atoms with Crippen LogP contribution in [-0.2, 0) is 32.6 Å². The minimum atomic E-state index is -4.16. The molecular formula is C33H33BrClN3O4S. The first-order valence-electron chi connectivity index (χ1n) is 13.8. The van der Waals surface area contributed by atoms with E-state index in [9.17, 15) is 18.0 Å². The Balaban J connectivity index is 1.80. The average Bonchev–Trinajstić information content (AvgIpc) is 2.98. The normalized spacial score (nSPS) is 12.0. The molecule has 0 aromatic heterocycles. The summed E-state index contributed by atoms with van der Waals surface area (Å²) in [6.45, 7) is 3.21. The molecule has 0 radical (unpaired) electrons. The Hall–Kier alpha value is -3.66. The molecule has 224 valence electrons. The predicted molar refractivity (Wildman–Crippen MR) is 174 cm³/mol. The Morgan fingerprint density at radius 2 is 1.47 bits per heavy atom. The molecule has 4 aromatic carbocycles. The summed E-state index contributed by atoms with van der Waals surface area (Å²) in [6, 6.07) is 30.1. The highest BCUT2D eigenvalue weighted by Gasteiger charge is 2.34. The number of carbonyl (C=O) groups excluding carboxylic acids is 2. The van der Waals surface area contributed by atoms with Gasteiger partial charge in [-0.25, -0.2) is 8.42 Å². The van der Waals surface area contributed by atoms with Gasteiger partial charge in [0.25, 0.3) is 10.0 Å². The third-order valence-corrected chi connectivity index (χ3v) is 9.17. The van der Waals surface area contributed by atoms with Gasteiger partial charge in [-0.1, -0.05) is 94.3 Å². The highest BCUT2D eigenvalue weighted by atomic mass is 79.9. The fourth-order valence-corrected chi connectivity index (χ4v) is 6.67. The minimum absolute atomic E-state index is 0.0418. The summed E-state index contributed by atoms with van der Waals surface area (Å²) < 4.78 is 29.7. The lowest BCUT2D eigenvalue weighted by Crippen LogP contribution is -2.54. The minimum Gasteiger partial charge on any atom is -0.352 e. The second-order valence-corrected chi connectivity index (χ2v) is 13.5. The molecule has 2 amide bonds. The second-order valence-electron chi connectivity index (χ2n) is 10.3. The van der Waals surface area contributed by atoms with Gasteiger partial charge >= 0.3 is 0 Å². The van der Waals surface area contributed by atoms with Gasteiger partial charge in [-0.15, -0.1) is 0 Å². The Bertz CT molecular complexity index is 1650. The van der Waals surface area contributed by atoms with Crippen LogP contribution in [0.25, 0.3) is 0 Å². The fraction of sp³-hybridized carbons (Fsp3) is 0.212. The first-order valence-corrected chi connectivity index (χ1v) is 16.4. The summed E-state index contributed by atoms with van der Waals surface area (Å²) in [5.41, 5.74) is 1.87. The molecule has 0 saturated heterocycles. The van der Waals surface area contributed by atoms with E-state index in [-0.39, 0.29) is 29.8 Å². The summed E-state index contributed by atoms with van der Waals surface area (Å²) in [5, 5.41) is 3.43. The van der Waals surface area contributed by atoms with E-state index < -0.39 is 28.5 Å². The molecule has 1 unspecified atom stereocenters. The summed E-state index contributed by atoms with van der Waals surface area (Å²) in [5.74, 6) is -0.881. The molecule has 7 nitrogen and oxygen atoms in total. The van der Waals surface area contributed by atoms with Crippen molar-refractivity contribution in [3.05, 3.63) is 130 Å². The monoisotopic (exact) mass is 681 g/mol. The zero-order chi connectivity index (χ0) is 31.0. The molecule has 0 fully saturated rings. The number of carbonyl (C=O) groups is 2. The summed E-state index contributed by atoms with van der Waals surface area (Å²) in [7, 11) is -4.16. The summed E-state index contributed by atoms with van der Waals surface area (Å²) in [6.07, 6.45) is 0.230. The van der Waals surface area contributed by atoms with Crippen LogP contribution in [0.2, 0.25) is 5.02 Å². The number of amides is 2. The third kappa shape index (κ3) is 8.69. The van der Waals surface area contributed by atoms with E-state index in [1.165, 1.54) is 17.0 Å². The molecule has 1 N–H and O–H groups in total. The van der Waals surface area contributed by atoms with Crippen molar-refractivity contribution in [2.75, 3.05) is 10.8 Å². The summed E-state index contributed by atoms with van der Waals surface area (Å²) >= 11 is 9.70. The molecule has 0 spiro atoms. The van der Waals surface area contributed by atoms with Gasteiger partial charge in [-0.3, -0.25) is 13.9 Å². The SMILES string of the molecule is CC(C)NC(=O)C(Cc1ccccc1)N(Cc1cccc(Cl)c1)C(=O)CN(c1cccc(Br)c1)S(=O)(=O)c1ccccc1. The molecule has 10 heteroatoms. The fourth-order valence-electron chi connectivity index (χ4n) is 4.65. The van der Waals surface area contributed by atoms with Crippen LogP contribution in [0.15, 0.2) is 119 Å². The number of nitrogens with one attached hydrogen (secondary N) is 1. The van der Waals surface area contributed by atoms with Crippen LogP contribution in [0.1, 0.15) is 25.0 Å². The van der Waals surface area contributed by atoms with Crippen LogP contribution in [0.3, 0.4) is 0 Å². The maximum absolute atomic E-state index is 14.4. The lowest BCUT2D eigenvalue weighted by atomic mass is 10.0. The quantitative estimate of drug-likeness (QED) is 0.186. The van der Waals surface area contributed by atoms with Crippen molar-refractivity contribution in [1.82, 2.24) is 10.2 Å². The first kappa shape index (κ1) is 32.3. The molecule has 4 rings (SSSR count). The van der Waals surface area contributed by atoms with Gasteiger partial charge in [0.2, 0.25) is 11.8 Å². The molecule has 0 heterocycles. The molecule has 43 heavy (non-hydrogen) atoms. The Morgan fingerprint density at radius 3 is 2.09 bits per heavy atom. The van der Waals surface area contributed by atoms with Crippen LogP contribution in [0.4, 0.5) is 5.69 Å². The molecule has 0 bridgehead atoms. The van der Waals surface area contributed by atoms with Gasteiger partial charge in [0.05, 0.1) is 10.6 Å². The van der Waals surface area contributed by atoms with Gasteiger partial charge in [-0.05, 0) is 67.4 Å². The van der Waals surface area contributed by atoms with E-state index >= 15 is 0 Å². The number of halogens is 2. The van der Waals surface area contributed by atoms with Gasteiger partial charge in [0.1, 0.15) is 12.6 Å². The molecule has 0 aliphatic heterocycles. The van der Waals surface area contributed by atoms with Gasteiger partial charge in [0, 0.05) is 28.5 Å². The zero-order valence-corrected chi connectivity index (χ0v) is 27.0. The van der Waals surface area contributed by atoms with Gasteiger partial charge in [0.15, 0.2) is 0 Å². The van der Waals surface area contributed by atoms with E-state index in [1.54, 1.807) is 60.7 Å². The maximum Gasteiger partial charge on any atom is 0.264 e. The molecule has 0 aliphatic carbocycles. The van der Waals surface area contributed by atoms with E-state index in [0.717, 1.165) is 9.87 Å². The molecular weight excluding hydrogens is 650 g/mol. The number of sulfonamides is 1. The van der Waals surface area contributed by atoms with Crippen LogP contribution in [0.5, 0.6) is 0 Å². The van der Waals surface area contributed by atoms with Crippen molar-refractivity contribution in [2.24, 2.45) is 0 Å². The molecule has 1 atom stereocenters. The lowest BCUT2D eigenvalue weighted by Gasteiger charge is -2.34. The average molecular weight is 683 g/mol. The maximum atomic E-state index is 14.4. The zero-order valence-electron chi connectivity index (χ0n) is 23.9. The number of hydrogen-bond acceptors (Lipinski definition) is 4. The number of rotatable bonds is 12. The Kier molecular flexibility index (Phi) is 11.0. The lowest BCUT2D eigenvalue weighted by molar-refractivity contribution is -0.140. The number of benzene rings is 4. The number of hydrogen-bond donors (Lipinski definition) is 1. The van der Waals surface area contributed by atoms with Crippen molar-refractivity contribution in [3.8, 4) is 0 Å². The Labute approximate surface area is 266 Å². The topological polar surface area (TPSA) is 86.8 Å². The van der Waals surface area contributed by atoms with E-state index in [1.807, 2.05) is 50.2 Å². The Morgan fingerprint density at radius 1 is 0.837 bits per heavy atom. The van der Waals surface area contributed by atoms with Crippen molar-refractivity contribution >= 4 is 55.1 Å². The van der Waals surface area contributed by atoms with Gasteiger partial charge < -0.3 is 10.2 Å².